The molecule has 0 spiro atoms. The highest BCUT2D eigenvalue weighted by molar-refractivity contribution is 5.89. The van der Waals surface area contributed by atoms with Crippen molar-refractivity contribution in [3.8, 4) is 0 Å². The van der Waals surface area contributed by atoms with E-state index in [-0.39, 0.29) is 25.4 Å². The lowest BCUT2D eigenvalue weighted by atomic mass is 9.95. The largest absolute Gasteiger partial charge is 0.459 e. The van der Waals surface area contributed by atoms with E-state index in [2.05, 4.69) is 10.0 Å². The maximum absolute atomic E-state index is 13.4. The zero-order chi connectivity index (χ0) is 35.9. The maximum Gasteiger partial charge on any atom is 0.338 e. The number of carbonyl (C=O) groups is 2. The Labute approximate surface area is 291 Å². The summed E-state index contributed by atoms with van der Waals surface area (Å²) in [6, 6.07) is 15.5. The lowest BCUT2D eigenvalue weighted by Gasteiger charge is -2.48. The van der Waals surface area contributed by atoms with Crippen LogP contribution in [-0.2, 0) is 37.9 Å². The predicted octanol–water partition coefficient (Wildman–Crippen LogP) is 3.95. The SMILES string of the molecule is CCCCO[C@@H]1C(OC(=O)c2ccccc2)C(O[C@@H]2C(COC(=O)c3ccccc3)O[C@H](OC)C(N=[N+]=[N-])[C@H]2OCCCC)OC(CO)[C@H]1O. The molecule has 0 radical (unpaired) electrons. The third kappa shape index (κ3) is 10.2. The van der Waals surface area contributed by atoms with E-state index in [1.54, 1.807) is 60.7 Å². The highest BCUT2D eigenvalue weighted by Crippen LogP contribution is 2.34. The maximum atomic E-state index is 13.4. The number of azide groups is 1. The monoisotopic (exact) mass is 701 g/mol. The van der Waals surface area contributed by atoms with Gasteiger partial charge in [0.15, 0.2) is 18.7 Å². The number of aliphatic hydroxyl groups is 2. The number of hydrogen-bond donors (Lipinski definition) is 2. The van der Waals surface area contributed by atoms with E-state index in [4.69, 9.17) is 37.9 Å². The zero-order valence-corrected chi connectivity index (χ0v) is 28.5. The Morgan fingerprint density at radius 1 is 0.820 bits per heavy atom. The standard InChI is InChI=1S/C35H47N3O12/c1-4-6-18-44-29-26(37-38-36)34(43-3)48-25(21-46-32(41)22-14-10-8-11-15-22)28(29)50-35-31(49-33(42)23-16-12-9-13-17-23)30(45-19-7-5-2)27(40)24(20-39)47-35/h8-17,24-31,34-35,39-40H,4-7,18-21H2,1-3H3/t24?,25?,26?,27-,28-,29-,30+,31?,34+,35?/m1/s1. The van der Waals surface area contributed by atoms with E-state index in [9.17, 15) is 25.3 Å². The molecule has 50 heavy (non-hydrogen) atoms. The van der Waals surface area contributed by atoms with Crippen LogP contribution >= 0.6 is 0 Å². The number of rotatable bonds is 18. The van der Waals surface area contributed by atoms with Gasteiger partial charge in [-0.2, -0.15) is 0 Å². The Morgan fingerprint density at radius 3 is 1.96 bits per heavy atom. The predicted molar refractivity (Wildman–Crippen MR) is 177 cm³/mol. The van der Waals surface area contributed by atoms with Gasteiger partial charge in [-0.15, -0.1) is 0 Å². The minimum absolute atomic E-state index is 0.213. The summed E-state index contributed by atoms with van der Waals surface area (Å²) >= 11 is 0. The summed E-state index contributed by atoms with van der Waals surface area (Å²) in [5, 5.41) is 25.4. The molecule has 2 aromatic rings. The molecule has 0 saturated carbocycles. The Balaban J connectivity index is 1.73. The van der Waals surface area contributed by atoms with Crippen LogP contribution in [0.3, 0.4) is 0 Å². The van der Waals surface area contributed by atoms with Gasteiger partial charge in [0.1, 0.15) is 43.2 Å². The van der Waals surface area contributed by atoms with Crippen molar-refractivity contribution in [3.63, 3.8) is 0 Å². The summed E-state index contributed by atoms with van der Waals surface area (Å²) in [6.07, 6.45) is -8.16. The number of benzene rings is 2. The zero-order valence-electron chi connectivity index (χ0n) is 28.5. The number of methoxy groups -OCH3 is 1. The van der Waals surface area contributed by atoms with Gasteiger partial charge in [-0.1, -0.05) is 68.2 Å². The molecule has 10 atom stereocenters. The van der Waals surface area contributed by atoms with Crippen LogP contribution < -0.4 is 0 Å². The molecular formula is C35H47N3O12. The molecule has 2 aliphatic heterocycles. The fourth-order valence-corrected chi connectivity index (χ4v) is 5.69. The number of nitrogens with zero attached hydrogens (tertiary/aromatic N) is 3. The minimum Gasteiger partial charge on any atom is -0.459 e. The molecule has 2 heterocycles. The smallest absolute Gasteiger partial charge is 0.338 e. The molecule has 2 N–H and O–H groups in total. The van der Waals surface area contributed by atoms with Crippen molar-refractivity contribution in [3.05, 3.63) is 82.2 Å². The quantitative estimate of drug-likeness (QED) is 0.0747. The topological polar surface area (TPSA) is 197 Å². The number of ether oxygens (including phenoxy) is 8. The Hall–Kier alpha value is -3.63. The lowest BCUT2D eigenvalue weighted by molar-refractivity contribution is -0.350. The fraction of sp³-hybridized carbons (Fsp3) is 0.600. The molecule has 0 aromatic heterocycles. The van der Waals surface area contributed by atoms with Crippen molar-refractivity contribution < 1.29 is 57.7 Å². The van der Waals surface area contributed by atoms with Crippen molar-refractivity contribution in [1.29, 1.82) is 0 Å². The van der Waals surface area contributed by atoms with Crippen molar-refractivity contribution in [2.75, 3.05) is 33.5 Å². The molecular weight excluding hydrogens is 654 g/mol. The van der Waals surface area contributed by atoms with Crippen molar-refractivity contribution >= 4 is 11.9 Å². The summed E-state index contributed by atoms with van der Waals surface area (Å²) in [4.78, 5) is 29.4. The van der Waals surface area contributed by atoms with Gasteiger partial charge in [0.25, 0.3) is 0 Å². The van der Waals surface area contributed by atoms with E-state index < -0.39 is 79.9 Å². The summed E-state index contributed by atoms with van der Waals surface area (Å²) in [5.41, 5.74) is 10.0. The third-order valence-electron chi connectivity index (χ3n) is 8.38. The van der Waals surface area contributed by atoms with Gasteiger partial charge in [-0.05, 0) is 42.6 Å². The average molecular weight is 702 g/mol. The summed E-state index contributed by atoms with van der Waals surface area (Å²) in [5.74, 6) is -1.36. The molecule has 15 nitrogen and oxygen atoms in total. The minimum atomic E-state index is -1.47. The summed E-state index contributed by atoms with van der Waals surface area (Å²) < 4.78 is 48.3. The van der Waals surface area contributed by atoms with Crippen LogP contribution in [0.4, 0.5) is 0 Å². The lowest BCUT2D eigenvalue weighted by Crippen LogP contribution is -2.66. The molecule has 2 fully saturated rings. The molecule has 0 aliphatic carbocycles. The first-order valence-electron chi connectivity index (χ1n) is 16.9. The molecule has 0 amide bonds. The van der Waals surface area contributed by atoms with Crippen LogP contribution in [0.1, 0.15) is 60.2 Å². The Kier molecular flexibility index (Phi) is 15.9. The Morgan fingerprint density at radius 2 is 1.40 bits per heavy atom. The second kappa shape index (κ2) is 20.3. The summed E-state index contributed by atoms with van der Waals surface area (Å²) in [6.45, 7) is 3.44. The number of unbranched alkanes of at least 4 members (excludes halogenated alkanes) is 2. The van der Waals surface area contributed by atoms with Gasteiger partial charge in [0.05, 0.1) is 23.8 Å². The van der Waals surface area contributed by atoms with Gasteiger partial charge >= 0.3 is 11.9 Å². The van der Waals surface area contributed by atoms with Crippen LogP contribution in [0.5, 0.6) is 0 Å². The van der Waals surface area contributed by atoms with Gasteiger partial charge < -0.3 is 48.1 Å². The summed E-state index contributed by atoms with van der Waals surface area (Å²) in [7, 11) is 1.37. The normalized spacial score (nSPS) is 29.5. The first-order valence-corrected chi connectivity index (χ1v) is 16.9. The van der Waals surface area contributed by atoms with Gasteiger partial charge in [0, 0.05) is 25.2 Å². The molecule has 2 aliphatic rings. The first kappa shape index (κ1) is 39.2. The molecule has 0 bridgehead atoms. The van der Waals surface area contributed by atoms with E-state index in [1.807, 2.05) is 13.8 Å². The number of carbonyl (C=O) groups excluding carboxylic acids is 2. The molecule has 15 heteroatoms. The van der Waals surface area contributed by atoms with Crippen molar-refractivity contribution in [2.24, 2.45) is 5.11 Å². The van der Waals surface area contributed by atoms with Crippen LogP contribution in [0, 0.1) is 0 Å². The van der Waals surface area contributed by atoms with E-state index in [0.717, 1.165) is 12.8 Å². The highest BCUT2D eigenvalue weighted by Gasteiger charge is 2.54. The second-order valence-corrected chi connectivity index (χ2v) is 11.9. The molecule has 4 rings (SSSR count). The average Bonchev–Trinajstić information content (AvgIpc) is 3.14. The fourth-order valence-electron chi connectivity index (χ4n) is 5.69. The molecule has 274 valence electrons. The molecule has 5 unspecified atom stereocenters. The number of esters is 2. The van der Waals surface area contributed by atoms with Crippen molar-refractivity contribution in [1.82, 2.24) is 0 Å². The van der Waals surface area contributed by atoms with E-state index in [1.165, 1.54) is 7.11 Å². The third-order valence-corrected chi connectivity index (χ3v) is 8.38. The van der Waals surface area contributed by atoms with E-state index in [0.29, 0.717) is 18.4 Å². The Bertz CT molecular complexity index is 1370. The first-order chi connectivity index (χ1) is 24.4. The van der Waals surface area contributed by atoms with E-state index >= 15 is 0 Å². The van der Waals surface area contributed by atoms with Crippen LogP contribution in [0.2, 0.25) is 0 Å². The van der Waals surface area contributed by atoms with Gasteiger partial charge in [-0.25, -0.2) is 9.59 Å². The van der Waals surface area contributed by atoms with Gasteiger partial charge in [0.2, 0.25) is 0 Å². The van der Waals surface area contributed by atoms with Crippen LogP contribution in [-0.4, -0.2) is 117 Å². The second-order valence-electron chi connectivity index (χ2n) is 11.9. The molecule has 2 saturated heterocycles. The van der Waals surface area contributed by atoms with Gasteiger partial charge in [-0.3, -0.25) is 0 Å². The van der Waals surface area contributed by atoms with Crippen LogP contribution in [0.15, 0.2) is 65.8 Å². The van der Waals surface area contributed by atoms with Crippen LogP contribution in [0.25, 0.3) is 10.4 Å². The number of aliphatic hydroxyl groups excluding tert-OH is 2. The number of hydrogen-bond acceptors (Lipinski definition) is 13. The molecule has 2 aromatic carbocycles. The van der Waals surface area contributed by atoms with Crippen molar-refractivity contribution in [2.45, 2.75) is 101 Å². The highest BCUT2D eigenvalue weighted by atomic mass is 16.8.